The van der Waals surface area contributed by atoms with Gasteiger partial charge in [0.2, 0.25) is 0 Å². The summed E-state index contributed by atoms with van der Waals surface area (Å²) in [4.78, 5) is 6.43. The Morgan fingerprint density at radius 1 is 0.893 bits per heavy atom. The Labute approximate surface area is 177 Å². The van der Waals surface area contributed by atoms with Crippen molar-refractivity contribution in [3.8, 4) is 0 Å². The first-order chi connectivity index (χ1) is 13.7. The highest BCUT2D eigenvalue weighted by Crippen LogP contribution is 2.44. The molecular weight excluding hydrogens is 384 g/mol. The molecule has 0 N–H and O–H groups in total. The van der Waals surface area contributed by atoms with Gasteiger partial charge in [0.05, 0.1) is 0 Å². The lowest BCUT2D eigenvalue weighted by Gasteiger charge is -2.32. The van der Waals surface area contributed by atoms with Crippen LogP contribution in [0.3, 0.4) is 0 Å². The van der Waals surface area contributed by atoms with E-state index in [-0.39, 0.29) is 0 Å². The molecule has 5 rings (SSSR count). The Kier molecular flexibility index (Phi) is 5.08. The summed E-state index contributed by atoms with van der Waals surface area (Å²) in [6, 6.07) is 8.85. The molecule has 146 valence electrons. The summed E-state index contributed by atoms with van der Waals surface area (Å²) in [6.45, 7) is 4.60. The van der Waals surface area contributed by atoms with Gasteiger partial charge < -0.3 is 9.80 Å². The lowest BCUT2D eigenvalue weighted by atomic mass is 9.87. The first-order valence-electron chi connectivity index (χ1n) is 10.5. The lowest BCUT2D eigenvalue weighted by molar-refractivity contribution is 0.313. The minimum absolute atomic E-state index is 0.835. The summed E-state index contributed by atoms with van der Waals surface area (Å²) in [7, 11) is 2.23. The molecule has 2 saturated heterocycles. The van der Waals surface area contributed by atoms with Gasteiger partial charge in [0.25, 0.3) is 0 Å². The van der Waals surface area contributed by atoms with Crippen molar-refractivity contribution in [2.24, 2.45) is 0 Å². The Bertz CT molecular complexity index is 939. The smallest absolute Gasteiger partial charge is 0.0460 e. The molecule has 1 aromatic heterocycles. The normalized spacial score (nSPS) is 20.5. The molecule has 2 aliphatic heterocycles. The number of nitrogens with zero attached hydrogens (tertiary/aromatic N) is 2. The second-order valence-electron chi connectivity index (χ2n) is 8.25. The molecule has 4 heteroatoms. The van der Waals surface area contributed by atoms with Crippen molar-refractivity contribution in [3.05, 3.63) is 61.8 Å². The van der Waals surface area contributed by atoms with Gasteiger partial charge in [-0.3, -0.25) is 0 Å². The van der Waals surface area contributed by atoms with Gasteiger partial charge in [-0.2, -0.15) is 0 Å². The highest BCUT2D eigenvalue weighted by Gasteiger charge is 2.27. The standard InChI is InChI=1S/C24H27ClN2S/c1-26-12-7-17(8-13-26)24-20-9-14-28-23(20)16-22(27-10-3-2-4-11-27)19-6-5-18(25)15-21(19)24/h5-6,9,14-16H,2-4,7-8,10-13H2,1H3. The highest BCUT2D eigenvalue weighted by atomic mass is 35.5. The molecule has 0 radical (unpaired) electrons. The molecule has 0 spiro atoms. The summed E-state index contributed by atoms with van der Waals surface area (Å²) in [5.41, 5.74) is 8.52. The number of likely N-dealkylation sites (tertiary alicyclic amines) is 2. The van der Waals surface area contributed by atoms with E-state index in [1.165, 1.54) is 52.1 Å². The summed E-state index contributed by atoms with van der Waals surface area (Å²) in [5, 5.41) is 3.08. The van der Waals surface area contributed by atoms with E-state index in [1.54, 1.807) is 5.57 Å². The minimum Gasteiger partial charge on any atom is -0.371 e. The first kappa shape index (κ1) is 18.5. The Balaban J connectivity index is 1.72. The molecule has 2 aromatic rings. The number of benzene rings is 1. The van der Waals surface area contributed by atoms with Gasteiger partial charge in [0, 0.05) is 52.9 Å². The van der Waals surface area contributed by atoms with Crippen LogP contribution < -0.4 is 0 Å². The average molecular weight is 411 g/mol. The molecule has 0 atom stereocenters. The maximum atomic E-state index is 6.53. The maximum absolute atomic E-state index is 6.53. The molecule has 28 heavy (non-hydrogen) atoms. The number of hydrogen-bond acceptors (Lipinski definition) is 3. The number of halogens is 1. The van der Waals surface area contributed by atoms with Crippen molar-refractivity contribution in [2.45, 2.75) is 32.1 Å². The van der Waals surface area contributed by atoms with Crippen LogP contribution >= 0.6 is 22.9 Å². The van der Waals surface area contributed by atoms with E-state index in [1.807, 2.05) is 11.3 Å². The van der Waals surface area contributed by atoms with Crippen LogP contribution in [0.2, 0.25) is 5.02 Å². The zero-order chi connectivity index (χ0) is 19.1. The molecule has 1 aromatic carbocycles. The summed E-state index contributed by atoms with van der Waals surface area (Å²) in [5.74, 6) is 0. The number of piperidine rings is 2. The number of hydrogen-bond donors (Lipinski definition) is 0. The van der Waals surface area contributed by atoms with Crippen LogP contribution in [0.5, 0.6) is 0 Å². The topological polar surface area (TPSA) is 6.48 Å². The van der Waals surface area contributed by atoms with E-state index < -0.39 is 0 Å². The highest BCUT2D eigenvalue weighted by molar-refractivity contribution is 7.11. The molecule has 1 aliphatic carbocycles. The molecule has 2 fully saturated rings. The molecule has 3 aliphatic rings. The second-order valence-corrected chi connectivity index (χ2v) is 9.63. The Hall–Kier alpha value is -1.55. The average Bonchev–Trinajstić information content (AvgIpc) is 3.12. The summed E-state index contributed by atoms with van der Waals surface area (Å²) in [6.07, 6.45) is 8.67. The van der Waals surface area contributed by atoms with Gasteiger partial charge in [0.15, 0.2) is 0 Å². The number of rotatable bonds is 1. The van der Waals surface area contributed by atoms with E-state index in [2.05, 4.69) is 52.6 Å². The Morgan fingerprint density at radius 3 is 2.46 bits per heavy atom. The monoisotopic (exact) mass is 410 g/mol. The van der Waals surface area contributed by atoms with Crippen LogP contribution in [0, 0.1) is 0 Å². The minimum atomic E-state index is 0.835. The third-order valence-corrected chi connectivity index (χ3v) is 7.50. The largest absolute Gasteiger partial charge is 0.371 e. The van der Waals surface area contributed by atoms with Gasteiger partial charge in [-0.15, -0.1) is 11.3 Å². The number of fused-ring (bicyclic) bond motifs is 2. The van der Waals surface area contributed by atoms with E-state index in [0.29, 0.717) is 0 Å². The predicted octanol–water partition coefficient (Wildman–Crippen LogP) is 6.23. The Morgan fingerprint density at radius 2 is 1.68 bits per heavy atom. The quantitative estimate of drug-likeness (QED) is 0.550. The van der Waals surface area contributed by atoms with Crippen LogP contribution in [0.15, 0.2) is 35.2 Å². The van der Waals surface area contributed by atoms with Crippen molar-refractivity contribution in [3.63, 3.8) is 0 Å². The summed E-state index contributed by atoms with van der Waals surface area (Å²) < 4.78 is 0. The predicted molar refractivity (Wildman–Crippen MR) is 122 cm³/mol. The molecule has 0 unspecified atom stereocenters. The molecular formula is C24H27ClN2S. The molecule has 2 nitrogen and oxygen atoms in total. The van der Waals surface area contributed by atoms with Gasteiger partial charge in [-0.25, -0.2) is 0 Å². The van der Waals surface area contributed by atoms with Gasteiger partial charge in [0.1, 0.15) is 0 Å². The first-order valence-corrected chi connectivity index (χ1v) is 11.7. The van der Waals surface area contributed by atoms with Gasteiger partial charge in [-0.1, -0.05) is 23.2 Å². The van der Waals surface area contributed by atoms with Crippen molar-refractivity contribution in [1.82, 2.24) is 9.80 Å². The van der Waals surface area contributed by atoms with Crippen molar-refractivity contribution in [2.75, 3.05) is 33.2 Å². The van der Waals surface area contributed by atoms with E-state index in [0.717, 1.165) is 44.0 Å². The fraction of sp³-hybridized carbons (Fsp3) is 0.417. The SMILES string of the molecule is CN1CCC(=C2c3cc(Cl)ccc3C(N3CCCCC3)=Cc3sccc32)CC1. The zero-order valence-corrected chi connectivity index (χ0v) is 18.1. The van der Waals surface area contributed by atoms with Crippen molar-refractivity contribution < 1.29 is 0 Å². The molecule has 3 heterocycles. The molecule has 0 saturated carbocycles. The van der Waals surface area contributed by atoms with Crippen LogP contribution in [-0.2, 0) is 0 Å². The van der Waals surface area contributed by atoms with Gasteiger partial charge in [-0.05, 0) is 79.9 Å². The van der Waals surface area contributed by atoms with Crippen LogP contribution in [-0.4, -0.2) is 43.0 Å². The van der Waals surface area contributed by atoms with E-state index in [4.69, 9.17) is 11.6 Å². The molecule has 0 bridgehead atoms. The summed E-state index contributed by atoms with van der Waals surface area (Å²) >= 11 is 8.40. The van der Waals surface area contributed by atoms with Gasteiger partial charge >= 0.3 is 0 Å². The third-order valence-electron chi connectivity index (χ3n) is 6.40. The van der Waals surface area contributed by atoms with E-state index >= 15 is 0 Å². The van der Waals surface area contributed by atoms with Crippen molar-refractivity contribution in [1.29, 1.82) is 0 Å². The number of thiophene rings is 1. The zero-order valence-electron chi connectivity index (χ0n) is 16.5. The maximum Gasteiger partial charge on any atom is 0.0460 e. The molecule has 0 amide bonds. The fourth-order valence-corrected chi connectivity index (χ4v) is 5.85. The van der Waals surface area contributed by atoms with Crippen LogP contribution in [0.25, 0.3) is 17.3 Å². The third kappa shape index (κ3) is 3.34. The lowest BCUT2D eigenvalue weighted by Crippen LogP contribution is -2.28. The second kappa shape index (κ2) is 7.70. The van der Waals surface area contributed by atoms with E-state index in [9.17, 15) is 0 Å². The fourth-order valence-electron chi connectivity index (χ4n) is 4.85. The van der Waals surface area contributed by atoms with Crippen LogP contribution in [0.4, 0.5) is 0 Å². The van der Waals surface area contributed by atoms with Crippen LogP contribution in [0.1, 0.15) is 53.7 Å². The van der Waals surface area contributed by atoms with Crippen molar-refractivity contribution >= 4 is 40.3 Å².